The van der Waals surface area contributed by atoms with Crippen LogP contribution in [0.2, 0.25) is 5.02 Å². The highest BCUT2D eigenvalue weighted by Gasteiger charge is 2.16. The molecule has 0 radical (unpaired) electrons. The maximum atomic E-state index is 12.1. The molecule has 0 bridgehead atoms. The standard InChI is InChI=1S/C21H22ClNO5/c22-19-6-2-1-4-16(19)12-23-20(24)14-28-21(25)15-7-9-17(10-8-15)27-13-18-5-3-11-26-18/h1-2,4,6-10,18H,3,5,11-14H2,(H,23,24)/t18-/m0/s1. The number of carbonyl (C=O) groups is 2. The number of nitrogens with one attached hydrogen (secondary N) is 1. The lowest BCUT2D eigenvalue weighted by molar-refractivity contribution is -0.124. The Bertz CT molecular complexity index is 803. The predicted octanol–water partition coefficient (Wildman–Crippen LogP) is 3.37. The highest BCUT2D eigenvalue weighted by atomic mass is 35.5. The van der Waals surface area contributed by atoms with Crippen LogP contribution in [0, 0.1) is 0 Å². The van der Waals surface area contributed by atoms with E-state index < -0.39 is 11.9 Å². The summed E-state index contributed by atoms with van der Waals surface area (Å²) >= 11 is 6.03. The Kier molecular flexibility index (Phi) is 7.28. The average Bonchev–Trinajstić information content (AvgIpc) is 3.24. The van der Waals surface area contributed by atoms with Crippen molar-refractivity contribution in [1.29, 1.82) is 0 Å². The smallest absolute Gasteiger partial charge is 0.338 e. The van der Waals surface area contributed by atoms with Crippen LogP contribution in [0.1, 0.15) is 28.8 Å². The molecule has 28 heavy (non-hydrogen) atoms. The third kappa shape index (κ3) is 5.97. The van der Waals surface area contributed by atoms with Gasteiger partial charge in [0.1, 0.15) is 12.4 Å². The van der Waals surface area contributed by atoms with E-state index in [0.717, 1.165) is 25.0 Å². The van der Waals surface area contributed by atoms with Gasteiger partial charge in [-0.1, -0.05) is 29.8 Å². The molecule has 0 aromatic heterocycles. The summed E-state index contributed by atoms with van der Waals surface area (Å²) in [5.41, 5.74) is 1.14. The summed E-state index contributed by atoms with van der Waals surface area (Å²) in [6, 6.07) is 13.8. The molecule has 1 heterocycles. The Hall–Kier alpha value is -2.57. The van der Waals surface area contributed by atoms with Crippen LogP contribution in [0.4, 0.5) is 0 Å². The Labute approximate surface area is 168 Å². The minimum absolute atomic E-state index is 0.133. The zero-order chi connectivity index (χ0) is 19.8. The third-order valence-corrected chi connectivity index (χ3v) is 4.69. The van der Waals surface area contributed by atoms with Gasteiger partial charge in [0.25, 0.3) is 5.91 Å². The number of hydrogen-bond acceptors (Lipinski definition) is 5. The van der Waals surface area contributed by atoms with Crippen molar-refractivity contribution in [3.05, 3.63) is 64.7 Å². The monoisotopic (exact) mass is 403 g/mol. The number of ether oxygens (including phenoxy) is 3. The van der Waals surface area contributed by atoms with Crippen LogP contribution in [0.5, 0.6) is 5.75 Å². The first-order valence-electron chi connectivity index (χ1n) is 9.13. The van der Waals surface area contributed by atoms with Crippen LogP contribution in [0.15, 0.2) is 48.5 Å². The van der Waals surface area contributed by atoms with E-state index in [2.05, 4.69) is 5.32 Å². The Balaban J connectivity index is 1.40. The van der Waals surface area contributed by atoms with E-state index in [1.165, 1.54) is 0 Å². The number of amides is 1. The van der Waals surface area contributed by atoms with Crippen LogP contribution in [0.3, 0.4) is 0 Å². The van der Waals surface area contributed by atoms with Crippen LogP contribution in [-0.4, -0.2) is 37.8 Å². The van der Waals surface area contributed by atoms with Gasteiger partial charge in [-0.25, -0.2) is 4.79 Å². The first-order chi connectivity index (χ1) is 13.6. The van der Waals surface area contributed by atoms with Crippen molar-refractivity contribution in [2.24, 2.45) is 0 Å². The second-order valence-electron chi connectivity index (χ2n) is 6.41. The molecule has 148 valence electrons. The van der Waals surface area contributed by atoms with Crippen molar-refractivity contribution in [3.8, 4) is 5.75 Å². The van der Waals surface area contributed by atoms with Gasteiger partial charge in [0.2, 0.25) is 0 Å². The minimum atomic E-state index is -0.571. The summed E-state index contributed by atoms with van der Waals surface area (Å²) in [6.45, 7) is 1.19. The van der Waals surface area contributed by atoms with Crippen molar-refractivity contribution in [2.75, 3.05) is 19.8 Å². The number of esters is 1. The van der Waals surface area contributed by atoms with Gasteiger partial charge in [-0.3, -0.25) is 4.79 Å². The number of halogens is 1. The fourth-order valence-electron chi connectivity index (χ4n) is 2.75. The summed E-state index contributed by atoms with van der Waals surface area (Å²) in [5, 5.41) is 3.24. The summed E-state index contributed by atoms with van der Waals surface area (Å²) < 4.78 is 16.2. The number of carbonyl (C=O) groups excluding carboxylic acids is 2. The second-order valence-corrected chi connectivity index (χ2v) is 6.82. The molecule has 7 heteroatoms. The van der Waals surface area contributed by atoms with Gasteiger partial charge < -0.3 is 19.5 Å². The topological polar surface area (TPSA) is 73.9 Å². The molecule has 1 atom stereocenters. The lowest BCUT2D eigenvalue weighted by Gasteiger charge is -2.11. The normalized spacial score (nSPS) is 15.8. The van der Waals surface area contributed by atoms with Crippen molar-refractivity contribution >= 4 is 23.5 Å². The molecule has 1 fully saturated rings. The third-order valence-electron chi connectivity index (χ3n) is 4.32. The molecular formula is C21H22ClNO5. The van der Waals surface area contributed by atoms with Gasteiger partial charge in [-0.15, -0.1) is 0 Å². The van der Waals surface area contributed by atoms with Crippen molar-refractivity contribution < 1.29 is 23.8 Å². The molecule has 1 amide bonds. The molecule has 6 nitrogen and oxygen atoms in total. The zero-order valence-electron chi connectivity index (χ0n) is 15.4. The first-order valence-corrected chi connectivity index (χ1v) is 9.51. The van der Waals surface area contributed by atoms with E-state index >= 15 is 0 Å². The first kappa shape index (κ1) is 20.2. The van der Waals surface area contributed by atoms with Crippen LogP contribution in [0.25, 0.3) is 0 Å². The van der Waals surface area contributed by atoms with Gasteiger partial charge in [0, 0.05) is 18.2 Å². The molecule has 0 unspecified atom stereocenters. The minimum Gasteiger partial charge on any atom is -0.491 e. The Morgan fingerprint density at radius 2 is 1.93 bits per heavy atom. The van der Waals surface area contributed by atoms with Crippen molar-refractivity contribution in [2.45, 2.75) is 25.5 Å². The zero-order valence-corrected chi connectivity index (χ0v) is 16.1. The fourth-order valence-corrected chi connectivity index (χ4v) is 2.96. The van der Waals surface area contributed by atoms with Gasteiger partial charge in [0.05, 0.1) is 11.7 Å². The van der Waals surface area contributed by atoms with Crippen LogP contribution in [-0.2, 0) is 20.8 Å². The largest absolute Gasteiger partial charge is 0.491 e. The van der Waals surface area contributed by atoms with E-state index in [9.17, 15) is 9.59 Å². The highest BCUT2D eigenvalue weighted by Crippen LogP contribution is 2.17. The van der Waals surface area contributed by atoms with Crippen molar-refractivity contribution in [3.63, 3.8) is 0 Å². The molecule has 1 saturated heterocycles. The Morgan fingerprint density at radius 1 is 1.14 bits per heavy atom. The summed E-state index contributed by atoms with van der Waals surface area (Å²) in [4.78, 5) is 23.9. The summed E-state index contributed by atoms with van der Waals surface area (Å²) in [5.74, 6) is -0.312. The Morgan fingerprint density at radius 3 is 2.64 bits per heavy atom. The molecule has 1 aliphatic rings. The maximum Gasteiger partial charge on any atom is 0.338 e. The molecule has 2 aromatic rings. The van der Waals surface area contributed by atoms with E-state index in [0.29, 0.717) is 22.9 Å². The second kappa shape index (κ2) is 10.1. The SMILES string of the molecule is O=C(COC(=O)c1ccc(OC[C@@H]2CCCO2)cc1)NCc1ccccc1Cl. The lowest BCUT2D eigenvalue weighted by Crippen LogP contribution is -2.28. The molecule has 0 aliphatic carbocycles. The van der Waals surface area contributed by atoms with Crippen LogP contribution < -0.4 is 10.1 Å². The highest BCUT2D eigenvalue weighted by molar-refractivity contribution is 6.31. The number of hydrogen-bond donors (Lipinski definition) is 1. The van der Waals surface area contributed by atoms with E-state index in [1.54, 1.807) is 30.3 Å². The average molecular weight is 404 g/mol. The molecule has 0 saturated carbocycles. The molecule has 0 spiro atoms. The molecule has 3 rings (SSSR count). The van der Waals surface area contributed by atoms with Crippen molar-refractivity contribution in [1.82, 2.24) is 5.32 Å². The van der Waals surface area contributed by atoms with E-state index in [-0.39, 0.29) is 19.3 Å². The molecule has 1 N–H and O–H groups in total. The van der Waals surface area contributed by atoms with Gasteiger partial charge >= 0.3 is 5.97 Å². The van der Waals surface area contributed by atoms with E-state index in [4.69, 9.17) is 25.8 Å². The van der Waals surface area contributed by atoms with Gasteiger partial charge in [0.15, 0.2) is 6.61 Å². The molecule has 2 aromatic carbocycles. The summed E-state index contributed by atoms with van der Waals surface area (Å²) in [6.07, 6.45) is 2.20. The predicted molar refractivity (Wildman–Crippen MR) is 104 cm³/mol. The fraction of sp³-hybridized carbons (Fsp3) is 0.333. The molecular weight excluding hydrogens is 382 g/mol. The van der Waals surface area contributed by atoms with Crippen LogP contribution >= 0.6 is 11.6 Å². The lowest BCUT2D eigenvalue weighted by atomic mass is 10.2. The van der Waals surface area contributed by atoms with Gasteiger partial charge in [-0.05, 0) is 48.7 Å². The van der Waals surface area contributed by atoms with E-state index in [1.807, 2.05) is 18.2 Å². The maximum absolute atomic E-state index is 12.1. The van der Waals surface area contributed by atoms with Gasteiger partial charge in [-0.2, -0.15) is 0 Å². The summed E-state index contributed by atoms with van der Waals surface area (Å²) in [7, 11) is 0. The quantitative estimate of drug-likeness (QED) is 0.684. The number of rotatable bonds is 8. The number of benzene rings is 2. The molecule has 1 aliphatic heterocycles.